The molecule has 0 radical (unpaired) electrons. The molecule has 0 N–H and O–H groups in total. The molecule has 0 saturated heterocycles. The van der Waals surface area contributed by atoms with Crippen LogP contribution in [0.1, 0.15) is 0 Å². The van der Waals surface area contributed by atoms with Gasteiger partial charge in [-0.3, -0.25) is 0 Å². The molecule has 0 aromatic rings. The first kappa shape index (κ1) is 8.46. The van der Waals surface area contributed by atoms with Crippen LogP contribution in [-0.4, -0.2) is 0 Å². The van der Waals surface area contributed by atoms with Crippen LogP contribution in [0, 0.1) is 20.3 Å². The quantitative estimate of drug-likeness (QED) is 0.683. The Kier molecular flexibility index (Phi) is 1.39. The maximum absolute atomic E-state index is 9.66. The van der Waals surface area contributed by atoms with E-state index in [4.69, 9.17) is 0 Å². The van der Waals surface area contributed by atoms with Gasteiger partial charge in [0.25, 0.3) is 0 Å². The van der Waals surface area contributed by atoms with E-state index in [9.17, 15) is 5.09 Å². The molecule has 7 heteroatoms. The van der Waals surface area contributed by atoms with E-state index in [2.05, 4.69) is 20.4 Å². The molecule has 0 aliphatic heterocycles. The van der Waals surface area contributed by atoms with Crippen molar-refractivity contribution in [2.75, 3.05) is 0 Å². The van der Waals surface area contributed by atoms with Gasteiger partial charge < -0.3 is 0 Å². The van der Waals surface area contributed by atoms with Gasteiger partial charge in [-0.05, 0) is 0 Å². The number of hydrogen-bond acceptors (Lipinski definition) is 3. The Balaban J connectivity index is 5.96. The Morgan fingerprint density at radius 3 is 0.857 bits per heavy atom. The second-order valence-corrected chi connectivity index (χ2v) is 35.8. The SMILES string of the molecule is [O]=[La](=[O])(=[O])([Cl])([Cl])[Cl]. The topological polar surface area (TPSA) is 51.2 Å². The van der Waals surface area contributed by atoms with E-state index >= 15 is 0 Å². The summed E-state index contributed by atoms with van der Waals surface area (Å²) in [6.07, 6.45) is 0. The van der Waals surface area contributed by atoms with E-state index in [1.54, 1.807) is 0 Å². The summed E-state index contributed by atoms with van der Waals surface area (Å²) in [5.41, 5.74) is 0. The molecule has 0 amide bonds. The molecule has 0 aliphatic rings. The fourth-order valence-electron chi connectivity index (χ4n) is 0. The predicted molar refractivity (Wildman–Crippen MR) is 19.6 cm³/mol. The fraction of sp³-hybridized carbons (Fsp3) is 0. The van der Waals surface area contributed by atoms with Crippen molar-refractivity contribution in [1.82, 2.24) is 0 Å². The Morgan fingerprint density at radius 1 is 0.857 bits per heavy atom. The number of hydrogen-bond donors (Lipinski definition) is 0. The molecule has 0 spiro atoms. The van der Waals surface area contributed by atoms with Crippen molar-refractivity contribution in [3.8, 4) is 0 Å². The third-order valence-corrected chi connectivity index (χ3v) is 0. The van der Waals surface area contributed by atoms with Gasteiger partial charge in [-0.15, -0.1) is 0 Å². The van der Waals surface area contributed by atoms with Crippen molar-refractivity contribution < 1.29 is 25.4 Å². The van der Waals surface area contributed by atoms with E-state index in [0.29, 0.717) is 0 Å². The first-order valence-electron chi connectivity index (χ1n) is 1.36. The molecule has 3 nitrogen and oxygen atoms in total. The second kappa shape index (κ2) is 1.15. The van der Waals surface area contributed by atoms with Gasteiger partial charge in [0.2, 0.25) is 0 Å². The molecule has 0 aromatic heterocycles. The minimum atomic E-state index is -7.78. The summed E-state index contributed by atoms with van der Waals surface area (Å²) in [7, 11) is 0. The molecule has 0 heterocycles. The summed E-state index contributed by atoms with van der Waals surface area (Å²) in [5, 5.41) is 0. The van der Waals surface area contributed by atoms with Crippen LogP contribution in [0.25, 0.3) is 0 Å². The van der Waals surface area contributed by atoms with Gasteiger partial charge in [-0.1, -0.05) is 0 Å². The summed E-state index contributed by atoms with van der Waals surface area (Å²) >= 11 is -7.78. The summed E-state index contributed by atoms with van der Waals surface area (Å²) in [5.74, 6) is 0. The van der Waals surface area contributed by atoms with E-state index in [1.807, 2.05) is 0 Å². The first-order chi connectivity index (χ1) is 2.45. The third kappa shape index (κ3) is 104. The van der Waals surface area contributed by atoms with E-state index in [0.717, 1.165) is 0 Å². The molecule has 42 valence electrons. The molecule has 0 aliphatic carbocycles. The van der Waals surface area contributed by atoms with Crippen molar-refractivity contribution in [1.29, 1.82) is 0 Å². The molecule has 0 saturated carbocycles. The Morgan fingerprint density at radius 2 is 0.857 bits per heavy atom. The maximum atomic E-state index is 9.66. The molecule has 0 aromatic carbocycles. The number of halogens is 3. The Bertz CT molecular complexity index is 255. The molecular formula is Cl3LaO3. The van der Waals surface area contributed by atoms with Gasteiger partial charge >= 0.3 is 45.7 Å². The van der Waals surface area contributed by atoms with Crippen LogP contribution in [0.2, 0.25) is 0 Å². The van der Waals surface area contributed by atoms with Gasteiger partial charge in [0.05, 0.1) is 0 Å². The summed E-state index contributed by atoms with van der Waals surface area (Å²) in [6, 6.07) is 0. The van der Waals surface area contributed by atoms with Gasteiger partial charge in [-0.25, -0.2) is 0 Å². The average Bonchev–Trinajstić information content (AvgIpc) is 0.592. The van der Waals surface area contributed by atoms with Gasteiger partial charge in [-0.2, -0.15) is 0 Å². The molecule has 7 heavy (non-hydrogen) atoms. The summed E-state index contributed by atoms with van der Waals surface area (Å²) in [4.78, 5) is 0. The van der Waals surface area contributed by atoms with Crippen molar-refractivity contribution in [2.45, 2.75) is 0 Å². The zero-order valence-corrected chi connectivity index (χ0v) is 8.83. The van der Waals surface area contributed by atoms with Crippen LogP contribution in [0.3, 0.4) is 0 Å². The van der Waals surface area contributed by atoms with Crippen LogP contribution >= 0.6 is 20.4 Å². The molecule has 0 fully saturated rings. The minimum absolute atomic E-state index is 4.12. The Hall–Kier alpha value is 1.46. The van der Waals surface area contributed by atoms with Crippen LogP contribution in [0.5, 0.6) is 0 Å². The summed E-state index contributed by atoms with van der Waals surface area (Å²) < 4.78 is 29.0. The normalized spacial score (nSPS) is 12.4. The van der Waals surface area contributed by atoms with E-state index < -0.39 is 20.3 Å². The molecular weight excluding hydrogens is 293 g/mol. The first-order valence-corrected chi connectivity index (χ1v) is 19.4. The van der Waals surface area contributed by atoms with Gasteiger partial charge in [0.15, 0.2) is 0 Å². The average molecular weight is 293 g/mol. The van der Waals surface area contributed by atoms with E-state index in [1.165, 1.54) is 0 Å². The fourth-order valence-corrected chi connectivity index (χ4v) is 0. The van der Waals surface area contributed by atoms with Gasteiger partial charge in [0, 0.05) is 0 Å². The van der Waals surface area contributed by atoms with Crippen LogP contribution in [0.15, 0.2) is 0 Å². The monoisotopic (exact) mass is 292 g/mol. The van der Waals surface area contributed by atoms with Crippen molar-refractivity contribution in [3.63, 3.8) is 0 Å². The van der Waals surface area contributed by atoms with E-state index in [-0.39, 0.29) is 0 Å². The molecule has 0 bridgehead atoms. The Labute approximate surface area is 44.9 Å². The molecule has 0 rings (SSSR count). The zero-order chi connectivity index (χ0) is 6.41. The van der Waals surface area contributed by atoms with Crippen LogP contribution in [0.4, 0.5) is 0 Å². The second-order valence-electron chi connectivity index (χ2n) is 1.34. The molecule has 0 atom stereocenters. The standard InChI is InChI=1S/3ClH.La.3O/h3*1H;;;;/q;;;+3;;;/p-3. The van der Waals surface area contributed by atoms with Crippen molar-refractivity contribution in [3.05, 3.63) is 0 Å². The zero-order valence-electron chi connectivity index (χ0n) is 2.94. The number of rotatable bonds is 0. The summed E-state index contributed by atoms with van der Waals surface area (Å²) in [6.45, 7) is 12.4. The van der Waals surface area contributed by atoms with Crippen LogP contribution in [-0.2, 0) is 5.09 Å². The molecule has 0 unspecified atom stereocenters. The van der Waals surface area contributed by atoms with Crippen molar-refractivity contribution >= 4 is 20.4 Å². The van der Waals surface area contributed by atoms with Gasteiger partial charge in [0.1, 0.15) is 0 Å². The predicted octanol–water partition coefficient (Wildman–Crippen LogP) is 1.71. The van der Waals surface area contributed by atoms with Crippen LogP contribution < -0.4 is 0 Å². The third-order valence-electron chi connectivity index (χ3n) is 0. The van der Waals surface area contributed by atoms with Crippen molar-refractivity contribution in [2.24, 2.45) is 0 Å².